The average molecular weight is 366 g/mol. The summed E-state index contributed by atoms with van der Waals surface area (Å²) in [5.74, 6) is -3.54. The maximum absolute atomic E-state index is 9.77. The number of rotatable bonds is 3. The molecule has 9 nitrogen and oxygen atoms in total. The van der Waals surface area contributed by atoms with Crippen molar-refractivity contribution >= 4 is 36.4 Å². The van der Waals surface area contributed by atoms with Crippen LogP contribution in [0.4, 0.5) is 0 Å². The fourth-order valence-electron chi connectivity index (χ4n) is 0.270. The van der Waals surface area contributed by atoms with Crippen molar-refractivity contribution in [1.82, 2.24) is 0 Å². The van der Waals surface area contributed by atoms with Crippen LogP contribution in [0.3, 0.4) is 0 Å². The third-order valence-corrected chi connectivity index (χ3v) is 0.805. The van der Waals surface area contributed by atoms with Gasteiger partial charge in [0.05, 0.1) is 0 Å². The molecule has 0 saturated heterocycles. The molecule has 0 amide bonds. The quantitative estimate of drug-likeness (QED) is 0.356. The van der Waals surface area contributed by atoms with Crippen molar-refractivity contribution in [2.75, 3.05) is 0 Å². The number of carbonyl (C=O) groups is 2. The fourth-order valence-corrected chi connectivity index (χ4v) is 0.270. The van der Waals surface area contributed by atoms with Gasteiger partial charge >= 0.3 is 63.3 Å². The second-order valence-corrected chi connectivity index (χ2v) is 1.57. The monoisotopic (exact) mass is 365 g/mol. The van der Waals surface area contributed by atoms with Crippen LogP contribution in [0, 0.1) is 0 Å². The number of aliphatic hydroxyl groups excluding tert-OH is 2. The van der Waals surface area contributed by atoms with Crippen molar-refractivity contribution in [1.29, 1.82) is 0 Å². The summed E-state index contributed by atoms with van der Waals surface area (Å²) in [4.78, 5) is 19.5. The van der Waals surface area contributed by atoms with Crippen molar-refractivity contribution < 1.29 is 99.3 Å². The normalized spacial score (nSPS) is 10.5. The standard InChI is InChI=1S/C4H6O6.K.3H2O.Sb.H/c5-1(3(7)8)2(6)4(9)10;;;;;;/h1-2,5-6H,(H,7,8)(H,9,10);;3*1H2;;/q;+1;;;;;-1. The van der Waals surface area contributed by atoms with Gasteiger partial charge in [-0.15, -0.1) is 0 Å². The number of aliphatic hydroxyl groups is 2. The van der Waals surface area contributed by atoms with Crippen LogP contribution in [0.25, 0.3) is 0 Å². The van der Waals surface area contributed by atoms with E-state index < -0.39 is 24.1 Å². The SMILES string of the molecule is O.O.O.O=C(O)C(O)C(O)C(=O)O.[H-].[K+].[Sb]. The van der Waals surface area contributed by atoms with Gasteiger partial charge < -0.3 is 38.3 Å². The van der Waals surface area contributed by atoms with Gasteiger partial charge in [0, 0.05) is 24.4 Å². The molecule has 0 bridgehead atoms. The zero-order valence-corrected chi connectivity index (χ0v) is 13.4. The smallest absolute Gasteiger partial charge is 1.00 e. The summed E-state index contributed by atoms with van der Waals surface area (Å²) in [5.41, 5.74) is 0. The van der Waals surface area contributed by atoms with Gasteiger partial charge in [0.25, 0.3) is 0 Å². The minimum atomic E-state index is -2.27. The Bertz CT molecular complexity index is 152. The Morgan fingerprint density at radius 1 is 0.867 bits per heavy atom. The molecule has 0 aliphatic heterocycles. The van der Waals surface area contributed by atoms with Gasteiger partial charge in [0.1, 0.15) is 0 Å². The fraction of sp³-hybridized carbons (Fsp3) is 0.500. The molecule has 0 aliphatic rings. The average Bonchev–Trinajstić information content (AvgIpc) is 1.84. The zero-order chi connectivity index (χ0) is 8.31. The number of hydrogen-bond acceptors (Lipinski definition) is 4. The molecule has 0 heterocycles. The van der Waals surface area contributed by atoms with E-state index in [1.165, 1.54) is 0 Å². The molecule has 11 heteroatoms. The molecule has 15 heavy (non-hydrogen) atoms. The number of carboxylic acid groups (broad SMARTS) is 2. The van der Waals surface area contributed by atoms with Gasteiger partial charge in [0.15, 0.2) is 12.2 Å². The van der Waals surface area contributed by atoms with Gasteiger partial charge in [-0.1, -0.05) is 0 Å². The Morgan fingerprint density at radius 3 is 1.07 bits per heavy atom. The number of hydrogen-bond donors (Lipinski definition) is 4. The summed E-state index contributed by atoms with van der Waals surface area (Å²) in [5, 5.41) is 32.5. The van der Waals surface area contributed by atoms with Crippen LogP contribution in [-0.4, -0.2) is 85.4 Å². The molecule has 0 aromatic heterocycles. The molecule has 0 aromatic carbocycles. The van der Waals surface area contributed by atoms with E-state index in [9.17, 15) is 9.59 Å². The van der Waals surface area contributed by atoms with Gasteiger partial charge in [-0.3, -0.25) is 0 Å². The molecule has 0 aromatic rings. The summed E-state index contributed by atoms with van der Waals surface area (Å²) >= 11 is 0. The number of aliphatic carboxylic acids is 2. The molecule has 0 aliphatic carbocycles. The Morgan fingerprint density at radius 2 is 1.00 bits per heavy atom. The first-order valence-corrected chi connectivity index (χ1v) is 2.28. The molecule has 0 rings (SSSR count). The minimum Gasteiger partial charge on any atom is -1.00 e. The summed E-state index contributed by atoms with van der Waals surface area (Å²) in [6.45, 7) is 0. The number of carboxylic acids is 2. The van der Waals surface area contributed by atoms with Crippen molar-refractivity contribution in [2.45, 2.75) is 12.2 Å². The molecule has 0 spiro atoms. The Hall–Kier alpha value is 1.19. The van der Waals surface area contributed by atoms with E-state index in [2.05, 4.69) is 0 Å². The van der Waals surface area contributed by atoms with Crippen molar-refractivity contribution in [3.8, 4) is 0 Å². The van der Waals surface area contributed by atoms with E-state index in [0.29, 0.717) is 0 Å². The first kappa shape index (κ1) is 36.0. The summed E-state index contributed by atoms with van der Waals surface area (Å²) < 4.78 is 0. The molecule has 2 atom stereocenters. The predicted octanol–water partition coefficient (Wildman–Crippen LogP) is -7.86. The van der Waals surface area contributed by atoms with Gasteiger partial charge in [-0.25, -0.2) is 9.59 Å². The summed E-state index contributed by atoms with van der Waals surface area (Å²) in [7, 11) is 0. The molecule has 0 fully saturated rings. The van der Waals surface area contributed by atoms with Crippen LogP contribution >= 0.6 is 0 Å². The van der Waals surface area contributed by atoms with E-state index >= 15 is 0 Å². The van der Waals surface area contributed by atoms with Gasteiger partial charge in [-0.05, 0) is 0 Å². The maximum Gasteiger partial charge on any atom is 1.00 e. The molecule has 0 saturated carbocycles. The first-order valence-electron chi connectivity index (χ1n) is 2.28. The molecule has 2 unspecified atom stereocenters. The van der Waals surface area contributed by atoms with Crippen LogP contribution in [0.15, 0.2) is 0 Å². The topological polar surface area (TPSA) is 210 Å². The van der Waals surface area contributed by atoms with Gasteiger partial charge in [-0.2, -0.15) is 0 Å². The molecular formula is C4H13KO9Sb. The Balaban J connectivity index is -0.0000000270. The largest absolute Gasteiger partial charge is 1.00 e. The second-order valence-electron chi connectivity index (χ2n) is 1.57. The van der Waals surface area contributed by atoms with E-state index in [0.717, 1.165) is 0 Å². The van der Waals surface area contributed by atoms with Crippen molar-refractivity contribution in [3.05, 3.63) is 0 Å². The molecule has 89 valence electrons. The predicted molar refractivity (Wildman–Crippen MR) is 45.0 cm³/mol. The van der Waals surface area contributed by atoms with E-state index in [1.54, 1.807) is 0 Å². The third-order valence-electron chi connectivity index (χ3n) is 0.805. The van der Waals surface area contributed by atoms with E-state index in [4.69, 9.17) is 20.4 Å². The van der Waals surface area contributed by atoms with E-state index in [1.807, 2.05) is 0 Å². The van der Waals surface area contributed by atoms with Gasteiger partial charge in [0.2, 0.25) is 0 Å². The maximum atomic E-state index is 9.77. The summed E-state index contributed by atoms with van der Waals surface area (Å²) in [6.07, 6.45) is -4.53. The third kappa shape index (κ3) is 15.2. The minimum absolute atomic E-state index is 0. The van der Waals surface area contributed by atoms with Crippen LogP contribution in [0.1, 0.15) is 1.43 Å². The molecule has 3 radical (unpaired) electrons. The van der Waals surface area contributed by atoms with Crippen LogP contribution < -0.4 is 51.4 Å². The van der Waals surface area contributed by atoms with Crippen LogP contribution in [0.5, 0.6) is 0 Å². The van der Waals surface area contributed by atoms with Crippen molar-refractivity contribution in [3.63, 3.8) is 0 Å². The van der Waals surface area contributed by atoms with Crippen LogP contribution in [0.2, 0.25) is 0 Å². The Kier molecular flexibility index (Phi) is 42.2. The van der Waals surface area contributed by atoms with Crippen LogP contribution in [-0.2, 0) is 9.59 Å². The first-order chi connectivity index (χ1) is 4.46. The van der Waals surface area contributed by atoms with Crippen molar-refractivity contribution in [2.24, 2.45) is 0 Å². The van der Waals surface area contributed by atoms with E-state index in [-0.39, 0.29) is 93.7 Å². The summed E-state index contributed by atoms with van der Waals surface area (Å²) in [6, 6.07) is 0. The second kappa shape index (κ2) is 17.6. The molecular weight excluding hydrogens is 353 g/mol. The Labute approximate surface area is 146 Å². The zero-order valence-electron chi connectivity index (χ0n) is 8.71. The molecule has 10 N–H and O–H groups in total.